The van der Waals surface area contributed by atoms with Gasteiger partial charge in [0.2, 0.25) is 59.1 Å². The van der Waals surface area contributed by atoms with Crippen LogP contribution in [0, 0.1) is 17.8 Å². The molecule has 460 valence electrons. The second-order valence-electron chi connectivity index (χ2n) is 21.9. The molecule has 28 heteroatoms. The molecule has 1 rings (SSSR count). The Morgan fingerprint density at radius 2 is 0.975 bits per heavy atom. The second kappa shape index (κ2) is 38.9. The highest BCUT2D eigenvalue weighted by atomic mass is 16.3. The summed E-state index contributed by atoms with van der Waals surface area (Å²) in [7, 11) is 0. The van der Waals surface area contributed by atoms with Gasteiger partial charge in [0.15, 0.2) is 0 Å². The highest BCUT2D eigenvalue weighted by Gasteiger charge is 2.36. The Kier molecular flexibility index (Phi) is 35.2. The Labute approximate surface area is 471 Å². The Balaban J connectivity index is 3.77. The number of unbranched alkanes of at least 4 members (excludes halogenated alkanes) is 1. The molecule has 28 nitrogen and oxygen atoms in total. The number of carbonyl (C=O) groups is 10. The summed E-state index contributed by atoms with van der Waals surface area (Å²) in [6, 6.07) is -13.0. The minimum atomic E-state index is -1.64. The lowest BCUT2D eigenvalue weighted by atomic mass is 9.99. The minimum absolute atomic E-state index is 0.0354. The van der Waals surface area contributed by atoms with Gasteiger partial charge in [0.25, 0.3) is 0 Å². The SMILES string of the molecule is CC(C)CCCCC(=O)NC(CCN)C(=O)NC(CNC(CCN)C(=O)NC1CCNC(=O)C(C(C)O)NC(=O)C(CCN)NC(=O)C(CCN)NC(=O)C(CC(C)C)NC(=O)C(CC(C)C)NC(=O)C(CCN)NC1=O)C(C)O. The minimum Gasteiger partial charge on any atom is -0.391 e. The van der Waals surface area contributed by atoms with E-state index in [1.54, 1.807) is 27.7 Å². The highest BCUT2D eigenvalue weighted by molar-refractivity contribution is 5.98. The first-order chi connectivity index (χ1) is 37.7. The van der Waals surface area contributed by atoms with Gasteiger partial charge in [-0.25, -0.2) is 0 Å². The topological polar surface area (TPSA) is 474 Å². The van der Waals surface area contributed by atoms with Crippen LogP contribution >= 0.6 is 0 Å². The van der Waals surface area contributed by atoms with Crippen LogP contribution in [0.2, 0.25) is 0 Å². The smallest absolute Gasteiger partial charge is 0.245 e. The van der Waals surface area contributed by atoms with Gasteiger partial charge < -0.3 is 97.4 Å². The maximum absolute atomic E-state index is 14.4. The van der Waals surface area contributed by atoms with E-state index in [1.165, 1.54) is 13.8 Å². The van der Waals surface area contributed by atoms with Gasteiger partial charge in [-0.1, -0.05) is 54.4 Å². The Bertz CT molecular complexity index is 1960. The van der Waals surface area contributed by atoms with E-state index in [4.69, 9.17) is 28.7 Å². The maximum atomic E-state index is 14.4. The molecule has 0 aromatic heterocycles. The molecule has 0 bridgehead atoms. The third-order valence-corrected chi connectivity index (χ3v) is 13.2. The molecule has 0 aromatic carbocycles. The van der Waals surface area contributed by atoms with Crippen molar-refractivity contribution in [1.82, 2.24) is 58.5 Å². The lowest BCUT2D eigenvalue weighted by Crippen LogP contribution is -2.61. The zero-order valence-electron chi connectivity index (χ0n) is 48.5. The Morgan fingerprint density at radius 3 is 1.41 bits per heavy atom. The molecule has 1 heterocycles. The van der Waals surface area contributed by atoms with E-state index in [1.807, 2.05) is 0 Å². The van der Waals surface area contributed by atoms with Gasteiger partial charge in [0, 0.05) is 19.5 Å². The quantitative estimate of drug-likeness (QED) is 0.0311. The van der Waals surface area contributed by atoms with Crippen LogP contribution in [0.25, 0.3) is 0 Å². The van der Waals surface area contributed by atoms with E-state index in [2.05, 4.69) is 72.3 Å². The van der Waals surface area contributed by atoms with E-state index in [0.717, 1.165) is 12.8 Å². The van der Waals surface area contributed by atoms with Crippen molar-refractivity contribution in [2.75, 3.05) is 45.8 Å². The monoisotopic (exact) mass is 1140 g/mol. The fraction of sp³-hybridized carbons (Fsp3) is 0.808. The fourth-order valence-corrected chi connectivity index (χ4v) is 8.65. The lowest BCUT2D eigenvalue weighted by Gasteiger charge is -2.29. The number of aliphatic hydroxyl groups excluding tert-OH is 2. The lowest BCUT2D eigenvalue weighted by molar-refractivity contribution is -0.136. The van der Waals surface area contributed by atoms with Crippen molar-refractivity contribution in [3.8, 4) is 0 Å². The van der Waals surface area contributed by atoms with E-state index < -0.39 is 126 Å². The van der Waals surface area contributed by atoms with Crippen molar-refractivity contribution in [1.29, 1.82) is 0 Å². The van der Waals surface area contributed by atoms with Crippen molar-refractivity contribution in [3.05, 3.63) is 0 Å². The van der Waals surface area contributed by atoms with Crippen molar-refractivity contribution in [3.63, 3.8) is 0 Å². The number of nitrogens with two attached hydrogens (primary N) is 5. The van der Waals surface area contributed by atoms with Crippen LogP contribution in [0.5, 0.6) is 0 Å². The van der Waals surface area contributed by atoms with Gasteiger partial charge in [-0.15, -0.1) is 0 Å². The molecular formula is C52H100N16O12. The molecule has 0 spiro atoms. The summed E-state index contributed by atoms with van der Waals surface area (Å²) in [6.45, 7) is 13.1. The number of nitrogens with one attached hydrogen (secondary N) is 11. The van der Waals surface area contributed by atoms with Crippen LogP contribution in [0.4, 0.5) is 0 Å². The number of hydrogen-bond donors (Lipinski definition) is 18. The summed E-state index contributed by atoms with van der Waals surface area (Å²) in [5.74, 6) is -7.61. The summed E-state index contributed by atoms with van der Waals surface area (Å²) >= 11 is 0. The van der Waals surface area contributed by atoms with Crippen molar-refractivity contribution in [2.45, 2.75) is 205 Å². The summed E-state index contributed by atoms with van der Waals surface area (Å²) in [5, 5.41) is 50.8. The second-order valence-corrected chi connectivity index (χ2v) is 21.9. The zero-order chi connectivity index (χ0) is 60.6. The predicted octanol–water partition coefficient (Wildman–Crippen LogP) is -5.36. The first kappa shape index (κ1) is 72.4. The van der Waals surface area contributed by atoms with Crippen LogP contribution in [-0.2, 0) is 47.9 Å². The molecule has 23 N–H and O–H groups in total. The van der Waals surface area contributed by atoms with Gasteiger partial charge in [0.1, 0.15) is 48.3 Å². The molecule has 1 fully saturated rings. The molecule has 12 atom stereocenters. The Hall–Kier alpha value is -5.62. The fourth-order valence-electron chi connectivity index (χ4n) is 8.65. The van der Waals surface area contributed by atoms with Crippen LogP contribution < -0.4 is 87.2 Å². The number of amides is 10. The van der Waals surface area contributed by atoms with Crippen LogP contribution in [0.15, 0.2) is 0 Å². The number of hydrogen-bond acceptors (Lipinski definition) is 18. The van der Waals surface area contributed by atoms with Gasteiger partial charge in [-0.2, -0.15) is 0 Å². The molecular weight excluding hydrogens is 1040 g/mol. The molecule has 0 aromatic rings. The number of rotatable bonds is 29. The zero-order valence-corrected chi connectivity index (χ0v) is 48.5. The standard InChI is InChI=1S/C52H100N16O12/c1-28(2)11-9-10-12-42(71)60-34(14-20-54)45(73)67-41(31(7)69)27-59-33(13-19-53)44(72)64-38-18-24-58-52(80)43(32(8)70)68-49(77)37(17-23-57)62-46(74)35(15-21-55)63-50(78)39(25-29(3)4)66-51(79)40(26-30(5)6)65-47(75)36(16-22-56)61-48(38)76/h28-41,43,59,69-70H,9-27,53-57H2,1-8H3,(H,58,80)(H,60,71)(H,61,76)(H,62,74)(H,63,78)(H,64,72)(H,65,75)(H,66,79)(H,67,73)(H,68,77). The van der Waals surface area contributed by atoms with Crippen molar-refractivity contribution < 1.29 is 58.2 Å². The molecule has 80 heavy (non-hydrogen) atoms. The first-order valence-corrected chi connectivity index (χ1v) is 28.3. The summed E-state index contributed by atoms with van der Waals surface area (Å²) in [5.41, 5.74) is 29.3. The normalized spacial score (nSPS) is 23.5. The Morgan fingerprint density at radius 1 is 0.525 bits per heavy atom. The molecule has 0 saturated carbocycles. The van der Waals surface area contributed by atoms with Crippen molar-refractivity contribution in [2.24, 2.45) is 46.4 Å². The third kappa shape index (κ3) is 27.7. The van der Waals surface area contributed by atoms with E-state index in [9.17, 15) is 58.2 Å². The van der Waals surface area contributed by atoms with E-state index >= 15 is 0 Å². The summed E-state index contributed by atoms with van der Waals surface area (Å²) < 4.78 is 0. The molecule has 1 aliphatic heterocycles. The van der Waals surface area contributed by atoms with Gasteiger partial charge in [-0.3, -0.25) is 47.9 Å². The molecule has 1 aliphatic rings. The molecule has 12 unspecified atom stereocenters. The van der Waals surface area contributed by atoms with Gasteiger partial charge in [0.05, 0.1) is 24.3 Å². The van der Waals surface area contributed by atoms with Gasteiger partial charge >= 0.3 is 0 Å². The first-order valence-electron chi connectivity index (χ1n) is 28.3. The molecule has 0 radical (unpaired) electrons. The van der Waals surface area contributed by atoms with Crippen LogP contribution in [0.3, 0.4) is 0 Å². The molecule has 1 saturated heterocycles. The summed E-state index contributed by atoms with van der Waals surface area (Å²) in [6.07, 6.45) is -0.616. The van der Waals surface area contributed by atoms with E-state index in [-0.39, 0.29) is 121 Å². The molecule has 0 aliphatic carbocycles. The van der Waals surface area contributed by atoms with Crippen molar-refractivity contribution >= 4 is 59.1 Å². The largest absolute Gasteiger partial charge is 0.391 e. The summed E-state index contributed by atoms with van der Waals surface area (Å²) in [4.78, 5) is 139. The average Bonchev–Trinajstić information content (AvgIpc) is 3.37. The van der Waals surface area contributed by atoms with Crippen LogP contribution in [0.1, 0.15) is 132 Å². The highest BCUT2D eigenvalue weighted by Crippen LogP contribution is 2.13. The maximum Gasteiger partial charge on any atom is 0.245 e. The van der Waals surface area contributed by atoms with Crippen LogP contribution in [-0.4, -0.2) is 188 Å². The average molecular weight is 1140 g/mol. The molecule has 10 amide bonds. The van der Waals surface area contributed by atoms with E-state index in [0.29, 0.717) is 12.3 Å². The van der Waals surface area contributed by atoms with Gasteiger partial charge in [-0.05, 0) is 122 Å². The number of carbonyl (C=O) groups excluding carboxylic acids is 10. The third-order valence-electron chi connectivity index (χ3n) is 13.2. The number of aliphatic hydroxyl groups is 2. The predicted molar refractivity (Wildman–Crippen MR) is 301 cm³/mol.